The molecule has 0 fully saturated rings. The molecule has 1 aromatic heterocycles. The highest BCUT2D eigenvalue weighted by atomic mass is 19.1. The lowest BCUT2D eigenvalue weighted by Crippen LogP contribution is -2.22. The van der Waals surface area contributed by atoms with Gasteiger partial charge < -0.3 is 14.8 Å². The van der Waals surface area contributed by atoms with Crippen LogP contribution in [0.1, 0.15) is 27.3 Å². The van der Waals surface area contributed by atoms with Crippen LogP contribution >= 0.6 is 0 Å². The van der Waals surface area contributed by atoms with Crippen molar-refractivity contribution in [2.45, 2.75) is 20.8 Å². The summed E-state index contributed by atoms with van der Waals surface area (Å²) in [5.41, 5.74) is 3.61. The Morgan fingerprint density at radius 1 is 1.10 bits per heavy atom. The summed E-state index contributed by atoms with van der Waals surface area (Å²) in [4.78, 5) is 24.4. The van der Waals surface area contributed by atoms with Gasteiger partial charge in [0, 0.05) is 6.07 Å². The molecule has 7 nitrogen and oxygen atoms in total. The Bertz CT molecular complexity index is 1090. The van der Waals surface area contributed by atoms with Gasteiger partial charge in [-0.1, -0.05) is 17.7 Å². The molecule has 1 amide bonds. The molecule has 3 rings (SSSR count). The average Bonchev–Trinajstić information content (AvgIpc) is 3.00. The van der Waals surface area contributed by atoms with Gasteiger partial charge in [-0.2, -0.15) is 5.10 Å². The normalized spacial score (nSPS) is 10.6. The molecule has 156 valence electrons. The number of anilines is 1. The molecule has 1 heterocycles. The number of aromatic nitrogens is 2. The number of carbonyl (C=O) groups excluding carboxylic acids is 2. The molecule has 0 unspecified atom stereocenters. The highest BCUT2D eigenvalue weighted by Gasteiger charge is 2.18. The lowest BCUT2D eigenvalue weighted by atomic mass is 10.2. The number of hydrogen-bond donors (Lipinski definition) is 1. The number of hydrogen-bond acceptors (Lipinski definition) is 5. The molecule has 30 heavy (non-hydrogen) atoms. The van der Waals surface area contributed by atoms with Crippen LogP contribution in [0, 0.1) is 26.6 Å². The molecule has 0 atom stereocenters. The Morgan fingerprint density at radius 3 is 2.43 bits per heavy atom. The molecule has 0 aliphatic heterocycles. The predicted octanol–water partition coefficient (Wildman–Crippen LogP) is 3.74. The van der Waals surface area contributed by atoms with Crippen LogP contribution in [0.4, 0.5) is 10.1 Å². The number of methoxy groups -OCH3 is 1. The molecule has 3 aromatic rings. The molecule has 0 radical (unpaired) electrons. The number of carbonyl (C=O) groups is 2. The third-order valence-electron chi connectivity index (χ3n) is 4.56. The minimum atomic E-state index is -0.936. The van der Waals surface area contributed by atoms with Gasteiger partial charge in [-0.3, -0.25) is 4.79 Å². The highest BCUT2D eigenvalue weighted by molar-refractivity contribution is 5.96. The zero-order valence-corrected chi connectivity index (χ0v) is 17.2. The fourth-order valence-electron chi connectivity index (χ4n) is 2.93. The molecule has 0 aliphatic rings. The summed E-state index contributed by atoms with van der Waals surface area (Å²) in [6.45, 7) is 5.04. The highest BCUT2D eigenvalue weighted by Crippen LogP contribution is 2.23. The first-order valence-electron chi connectivity index (χ1n) is 9.24. The van der Waals surface area contributed by atoms with E-state index in [9.17, 15) is 14.0 Å². The molecule has 8 heteroatoms. The van der Waals surface area contributed by atoms with Crippen LogP contribution in [0.2, 0.25) is 0 Å². The number of amides is 1. The Balaban J connectivity index is 1.66. The van der Waals surface area contributed by atoms with Gasteiger partial charge in [-0.05, 0) is 45.0 Å². The van der Waals surface area contributed by atoms with Crippen molar-refractivity contribution >= 4 is 17.6 Å². The van der Waals surface area contributed by atoms with E-state index in [1.807, 2.05) is 38.1 Å². The van der Waals surface area contributed by atoms with Gasteiger partial charge in [-0.15, -0.1) is 0 Å². The van der Waals surface area contributed by atoms with Crippen molar-refractivity contribution < 1.29 is 23.5 Å². The molecule has 2 aromatic carbocycles. The quantitative estimate of drug-likeness (QED) is 0.625. The molecular formula is C22H22FN3O4. The summed E-state index contributed by atoms with van der Waals surface area (Å²) in [7, 11) is 1.39. The molecule has 0 saturated carbocycles. The van der Waals surface area contributed by atoms with Gasteiger partial charge in [0.05, 0.1) is 35.4 Å². The summed E-state index contributed by atoms with van der Waals surface area (Å²) < 4.78 is 25.5. The van der Waals surface area contributed by atoms with E-state index in [-0.39, 0.29) is 11.3 Å². The molecule has 0 aliphatic carbocycles. The van der Waals surface area contributed by atoms with Crippen LogP contribution in [-0.4, -0.2) is 35.4 Å². The average molecular weight is 411 g/mol. The maximum atomic E-state index is 14.0. The summed E-state index contributed by atoms with van der Waals surface area (Å²) >= 11 is 0. The third kappa shape index (κ3) is 4.48. The monoisotopic (exact) mass is 411 g/mol. The second-order valence-electron chi connectivity index (χ2n) is 6.76. The van der Waals surface area contributed by atoms with E-state index >= 15 is 0 Å². The first kappa shape index (κ1) is 21.0. The first-order valence-corrected chi connectivity index (χ1v) is 9.24. The number of nitrogens with zero attached hydrogens (tertiary/aromatic N) is 2. The van der Waals surface area contributed by atoms with Crippen LogP contribution < -0.4 is 10.1 Å². The van der Waals surface area contributed by atoms with Crippen molar-refractivity contribution in [3.8, 4) is 11.4 Å². The maximum absolute atomic E-state index is 14.0. The Morgan fingerprint density at radius 2 is 1.80 bits per heavy atom. The van der Waals surface area contributed by atoms with Gasteiger partial charge in [-0.25, -0.2) is 13.9 Å². The second kappa shape index (κ2) is 8.77. The zero-order chi connectivity index (χ0) is 21.8. The summed E-state index contributed by atoms with van der Waals surface area (Å²) in [5.74, 6) is -2.00. The number of aryl methyl sites for hydroxylation is 2. The summed E-state index contributed by atoms with van der Waals surface area (Å²) in [6.07, 6.45) is 0. The SMILES string of the molecule is COc1ccc(C(=O)OCC(=O)Nc2c(C)nn(-c3ccc(C)cc3)c2C)c(F)c1. The smallest absolute Gasteiger partial charge is 0.341 e. The van der Waals surface area contributed by atoms with E-state index < -0.39 is 24.3 Å². The number of benzene rings is 2. The largest absolute Gasteiger partial charge is 0.497 e. The summed E-state index contributed by atoms with van der Waals surface area (Å²) in [6, 6.07) is 11.6. The predicted molar refractivity (Wildman–Crippen MR) is 110 cm³/mol. The lowest BCUT2D eigenvalue weighted by molar-refractivity contribution is -0.119. The van der Waals surface area contributed by atoms with E-state index in [0.717, 1.165) is 23.0 Å². The fraction of sp³-hybridized carbons (Fsp3) is 0.227. The van der Waals surface area contributed by atoms with E-state index in [1.54, 1.807) is 11.6 Å². The Hall–Kier alpha value is -3.68. The van der Waals surface area contributed by atoms with Crippen LogP contribution in [0.5, 0.6) is 5.75 Å². The van der Waals surface area contributed by atoms with E-state index in [4.69, 9.17) is 9.47 Å². The van der Waals surface area contributed by atoms with Gasteiger partial charge in [0.25, 0.3) is 5.91 Å². The number of nitrogens with one attached hydrogen (secondary N) is 1. The molecule has 0 spiro atoms. The van der Waals surface area contributed by atoms with Crippen molar-refractivity contribution in [2.75, 3.05) is 19.0 Å². The Labute approximate surface area is 173 Å². The van der Waals surface area contributed by atoms with Crippen molar-refractivity contribution in [1.82, 2.24) is 9.78 Å². The fourth-order valence-corrected chi connectivity index (χ4v) is 2.93. The van der Waals surface area contributed by atoms with Gasteiger partial charge in [0.1, 0.15) is 11.6 Å². The zero-order valence-electron chi connectivity index (χ0n) is 17.2. The van der Waals surface area contributed by atoms with Gasteiger partial charge >= 0.3 is 5.97 Å². The second-order valence-corrected chi connectivity index (χ2v) is 6.76. The number of halogens is 1. The first-order chi connectivity index (χ1) is 14.3. The van der Waals surface area contributed by atoms with E-state index in [1.165, 1.54) is 19.2 Å². The van der Waals surface area contributed by atoms with Crippen molar-refractivity contribution in [3.05, 3.63) is 70.8 Å². The lowest BCUT2D eigenvalue weighted by Gasteiger charge is -2.09. The van der Waals surface area contributed by atoms with Crippen molar-refractivity contribution in [3.63, 3.8) is 0 Å². The number of ether oxygens (including phenoxy) is 2. The van der Waals surface area contributed by atoms with Crippen LogP contribution in [-0.2, 0) is 9.53 Å². The van der Waals surface area contributed by atoms with E-state index in [0.29, 0.717) is 11.4 Å². The minimum Gasteiger partial charge on any atom is -0.497 e. The topological polar surface area (TPSA) is 82.4 Å². The van der Waals surface area contributed by atoms with Gasteiger partial charge in [0.2, 0.25) is 0 Å². The molecule has 1 N–H and O–H groups in total. The van der Waals surface area contributed by atoms with Crippen LogP contribution in [0.3, 0.4) is 0 Å². The Kier molecular flexibility index (Phi) is 6.15. The summed E-state index contributed by atoms with van der Waals surface area (Å²) in [5, 5.41) is 7.17. The minimum absolute atomic E-state index is 0.275. The third-order valence-corrected chi connectivity index (χ3v) is 4.56. The van der Waals surface area contributed by atoms with Crippen LogP contribution in [0.25, 0.3) is 5.69 Å². The van der Waals surface area contributed by atoms with Gasteiger partial charge in [0.15, 0.2) is 6.61 Å². The standard InChI is InChI=1S/C22H22FN3O4/c1-13-5-7-16(8-6-13)26-15(3)21(14(2)25-26)24-20(27)12-30-22(28)18-10-9-17(29-4)11-19(18)23/h5-11H,12H2,1-4H3,(H,24,27). The van der Waals surface area contributed by atoms with Crippen molar-refractivity contribution in [1.29, 1.82) is 0 Å². The van der Waals surface area contributed by atoms with Crippen LogP contribution in [0.15, 0.2) is 42.5 Å². The number of esters is 1. The molecular weight excluding hydrogens is 389 g/mol. The maximum Gasteiger partial charge on any atom is 0.341 e. The number of rotatable bonds is 6. The van der Waals surface area contributed by atoms with E-state index in [2.05, 4.69) is 10.4 Å². The molecule has 0 saturated heterocycles. The molecule has 0 bridgehead atoms. The van der Waals surface area contributed by atoms with Crippen molar-refractivity contribution in [2.24, 2.45) is 0 Å².